The van der Waals surface area contributed by atoms with E-state index < -0.39 is 0 Å². The van der Waals surface area contributed by atoms with Gasteiger partial charge in [0.15, 0.2) is 0 Å². The van der Waals surface area contributed by atoms with E-state index in [2.05, 4.69) is 41.0 Å². The first kappa shape index (κ1) is 15.9. The molecule has 21 heavy (non-hydrogen) atoms. The Labute approximate surface area is 129 Å². The Bertz CT molecular complexity index is 604. The molecule has 0 spiro atoms. The fourth-order valence-corrected chi connectivity index (χ4v) is 2.53. The molecule has 0 aliphatic carbocycles. The number of anilines is 1. The summed E-state index contributed by atoms with van der Waals surface area (Å²) in [6.45, 7) is 9.55. The summed E-state index contributed by atoms with van der Waals surface area (Å²) in [5, 5.41) is 3.36. The highest BCUT2D eigenvalue weighted by atomic mass is 32.1. The second kappa shape index (κ2) is 6.49. The van der Waals surface area contributed by atoms with Crippen LogP contribution in [-0.2, 0) is 23.3 Å². The van der Waals surface area contributed by atoms with Crippen LogP contribution in [0.5, 0.6) is 0 Å². The Hall–Kier alpha value is -1.53. The molecule has 0 atom stereocenters. The van der Waals surface area contributed by atoms with Crippen molar-refractivity contribution in [3.05, 3.63) is 33.7 Å². The summed E-state index contributed by atoms with van der Waals surface area (Å²) in [5.41, 5.74) is 3.72. The number of methoxy groups -OCH3 is 1. The number of hydrogen-bond acceptors (Lipinski definition) is 6. The van der Waals surface area contributed by atoms with Gasteiger partial charge >= 0.3 is 0 Å². The van der Waals surface area contributed by atoms with Gasteiger partial charge in [0.1, 0.15) is 11.6 Å². The molecule has 0 radical (unpaired) electrons. The summed E-state index contributed by atoms with van der Waals surface area (Å²) in [4.78, 5) is 14.7. The lowest BCUT2D eigenvalue weighted by atomic mass is 9.95. The SMILES string of the molecule is COCc1cc(NCc2scnc2C)nc(C(C)(C)C)n1. The fourth-order valence-electron chi connectivity index (χ4n) is 1.81. The van der Waals surface area contributed by atoms with Crippen LogP contribution in [0.1, 0.15) is 42.9 Å². The van der Waals surface area contributed by atoms with Crippen molar-refractivity contribution in [3.63, 3.8) is 0 Å². The number of nitrogens with one attached hydrogen (secondary N) is 1. The first-order valence-electron chi connectivity index (χ1n) is 6.90. The van der Waals surface area contributed by atoms with Crippen LogP contribution in [0, 0.1) is 6.92 Å². The zero-order valence-electron chi connectivity index (χ0n) is 13.2. The summed E-state index contributed by atoms with van der Waals surface area (Å²) in [6, 6.07) is 1.94. The zero-order valence-corrected chi connectivity index (χ0v) is 14.0. The molecule has 0 aliphatic rings. The van der Waals surface area contributed by atoms with Crippen LogP contribution >= 0.6 is 11.3 Å². The van der Waals surface area contributed by atoms with Crippen molar-refractivity contribution in [2.45, 2.75) is 46.3 Å². The van der Waals surface area contributed by atoms with Crippen molar-refractivity contribution >= 4 is 17.2 Å². The maximum atomic E-state index is 5.19. The van der Waals surface area contributed by atoms with E-state index in [1.54, 1.807) is 18.4 Å². The van der Waals surface area contributed by atoms with E-state index in [1.807, 2.05) is 18.5 Å². The normalized spacial score (nSPS) is 11.7. The number of aryl methyl sites for hydroxylation is 1. The van der Waals surface area contributed by atoms with Crippen LogP contribution in [0.15, 0.2) is 11.6 Å². The lowest BCUT2D eigenvalue weighted by Crippen LogP contribution is -2.18. The van der Waals surface area contributed by atoms with Crippen molar-refractivity contribution in [1.29, 1.82) is 0 Å². The minimum Gasteiger partial charge on any atom is -0.378 e. The third-order valence-electron chi connectivity index (χ3n) is 3.02. The molecule has 2 aromatic rings. The van der Waals surface area contributed by atoms with Gasteiger partial charge in [0.05, 0.1) is 30.1 Å². The molecule has 0 amide bonds. The number of hydrogen-bond donors (Lipinski definition) is 1. The lowest BCUT2D eigenvalue weighted by molar-refractivity contribution is 0.181. The Kier molecular flexibility index (Phi) is 4.90. The number of thiazole rings is 1. The molecule has 0 saturated heterocycles. The summed E-state index contributed by atoms with van der Waals surface area (Å²) >= 11 is 1.65. The van der Waals surface area contributed by atoms with Crippen molar-refractivity contribution in [2.75, 3.05) is 12.4 Å². The molecule has 2 rings (SSSR count). The number of rotatable bonds is 5. The smallest absolute Gasteiger partial charge is 0.136 e. The highest BCUT2D eigenvalue weighted by Gasteiger charge is 2.19. The van der Waals surface area contributed by atoms with Gasteiger partial charge in [0, 0.05) is 23.5 Å². The van der Waals surface area contributed by atoms with Gasteiger partial charge in [-0.15, -0.1) is 11.3 Å². The van der Waals surface area contributed by atoms with E-state index in [9.17, 15) is 0 Å². The van der Waals surface area contributed by atoms with Gasteiger partial charge in [-0.3, -0.25) is 0 Å². The zero-order chi connectivity index (χ0) is 15.5. The van der Waals surface area contributed by atoms with Crippen LogP contribution in [0.4, 0.5) is 5.82 Å². The molecule has 1 N–H and O–H groups in total. The van der Waals surface area contributed by atoms with Gasteiger partial charge in [-0.2, -0.15) is 0 Å². The standard InChI is InChI=1S/C15H22N4OS/c1-10-12(21-9-17-10)7-16-13-6-11(8-20-5)18-14(19-13)15(2,3)4/h6,9H,7-8H2,1-5H3,(H,16,18,19). The van der Waals surface area contributed by atoms with Crippen molar-refractivity contribution < 1.29 is 4.74 Å². The maximum Gasteiger partial charge on any atom is 0.136 e. The van der Waals surface area contributed by atoms with Gasteiger partial charge in [-0.05, 0) is 6.92 Å². The molecule has 0 bridgehead atoms. The van der Waals surface area contributed by atoms with Gasteiger partial charge < -0.3 is 10.1 Å². The quantitative estimate of drug-likeness (QED) is 0.918. The molecule has 114 valence electrons. The summed E-state index contributed by atoms with van der Waals surface area (Å²) < 4.78 is 5.19. The van der Waals surface area contributed by atoms with Gasteiger partial charge in [0.25, 0.3) is 0 Å². The number of nitrogens with zero attached hydrogens (tertiary/aromatic N) is 3. The Morgan fingerprint density at radius 2 is 2.05 bits per heavy atom. The van der Waals surface area contributed by atoms with Crippen molar-refractivity contribution in [2.24, 2.45) is 0 Å². The summed E-state index contributed by atoms with van der Waals surface area (Å²) in [5.74, 6) is 1.65. The highest BCUT2D eigenvalue weighted by molar-refractivity contribution is 7.09. The predicted molar refractivity (Wildman–Crippen MR) is 85.6 cm³/mol. The Morgan fingerprint density at radius 1 is 1.29 bits per heavy atom. The van der Waals surface area contributed by atoms with Crippen LogP contribution in [0.2, 0.25) is 0 Å². The van der Waals surface area contributed by atoms with Crippen molar-refractivity contribution in [1.82, 2.24) is 15.0 Å². The Morgan fingerprint density at radius 3 is 2.62 bits per heavy atom. The maximum absolute atomic E-state index is 5.19. The third kappa shape index (κ3) is 4.22. The van der Waals surface area contributed by atoms with E-state index in [-0.39, 0.29) is 5.41 Å². The molecule has 0 aliphatic heterocycles. The molecule has 6 heteroatoms. The predicted octanol–water partition coefficient (Wildman–Crippen LogP) is 3.30. The summed E-state index contributed by atoms with van der Waals surface area (Å²) in [6.07, 6.45) is 0. The highest BCUT2D eigenvalue weighted by Crippen LogP contribution is 2.21. The van der Waals surface area contributed by atoms with Gasteiger partial charge in [-0.1, -0.05) is 20.8 Å². The second-order valence-electron chi connectivity index (χ2n) is 5.97. The second-order valence-corrected chi connectivity index (χ2v) is 6.90. The van der Waals surface area contributed by atoms with Gasteiger partial charge in [-0.25, -0.2) is 15.0 Å². The topological polar surface area (TPSA) is 59.9 Å². The molecular weight excluding hydrogens is 284 g/mol. The van der Waals surface area contributed by atoms with E-state index in [1.165, 1.54) is 4.88 Å². The van der Waals surface area contributed by atoms with Crippen LogP contribution in [0.3, 0.4) is 0 Å². The average Bonchev–Trinajstić information content (AvgIpc) is 2.81. The molecule has 0 fully saturated rings. The monoisotopic (exact) mass is 306 g/mol. The molecule has 0 aromatic carbocycles. The minimum atomic E-state index is -0.0966. The first-order valence-corrected chi connectivity index (χ1v) is 7.78. The van der Waals surface area contributed by atoms with E-state index in [4.69, 9.17) is 4.74 Å². The van der Waals surface area contributed by atoms with Gasteiger partial charge in [0.2, 0.25) is 0 Å². The fraction of sp³-hybridized carbons (Fsp3) is 0.533. The van der Waals surface area contributed by atoms with E-state index in [0.717, 1.165) is 29.6 Å². The van der Waals surface area contributed by atoms with Crippen LogP contribution in [0.25, 0.3) is 0 Å². The average molecular weight is 306 g/mol. The minimum absolute atomic E-state index is 0.0966. The van der Waals surface area contributed by atoms with Crippen LogP contribution in [-0.4, -0.2) is 22.1 Å². The van der Waals surface area contributed by atoms with Crippen LogP contribution < -0.4 is 5.32 Å². The van der Waals surface area contributed by atoms with E-state index >= 15 is 0 Å². The number of ether oxygens (including phenoxy) is 1. The molecule has 2 aromatic heterocycles. The Balaban J connectivity index is 2.21. The molecule has 2 heterocycles. The largest absolute Gasteiger partial charge is 0.378 e. The lowest BCUT2D eigenvalue weighted by Gasteiger charge is -2.19. The number of aromatic nitrogens is 3. The molecule has 0 saturated carbocycles. The van der Waals surface area contributed by atoms with E-state index in [0.29, 0.717) is 6.61 Å². The first-order chi connectivity index (χ1) is 9.90. The molecular formula is C15H22N4OS. The molecule has 5 nitrogen and oxygen atoms in total. The van der Waals surface area contributed by atoms with Crippen molar-refractivity contribution in [3.8, 4) is 0 Å². The summed E-state index contributed by atoms with van der Waals surface area (Å²) in [7, 11) is 1.67. The third-order valence-corrected chi connectivity index (χ3v) is 3.95. The molecule has 0 unspecified atom stereocenters.